The fraction of sp³-hybridized carbons (Fsp3) is 0.600. The van der Waals surface area contributed by atoms with Gasteiger partial charge in [-0.2, -0.15) is 5.10 Å². The van der Waals surface area contributed by atoms with Gasteiger partial charge >= 0.3 is 5.97 Å². The van der Waals surface area contributed by atoms with Crippen molar-refractivity contribution >= 4 is 5.97 Å². The van der Waals surface area contributed by atoms with E-state index in [1.165, 1.54) is 0 Å². The van der Waals surface area contributed by atoms with Gasteiger partial charge < -0.3 is 10.2 Å². The van der Waals surface area contributed by atoms with E-state index in [2.05, 4.69) is 10.2 Å². The summed E-state index contributed by atoms with van der Waals surface area (Å²) >= 11 is 0. The molecule has 0 saturated heterocycles. The summed E-state index contributed by atoms with van der Waals surface area (Å²) < 4.78 is 0. The molecule has 0 aliphatic heterocycles. The molecule has 82 valence electrons. The average Bonchev–Trinajstić information content (AvgIpc) is 2.55. The Morgan fingerprint density at radius 1 is 1.73 bits per heavy atom. The second kappa shape index (κ2) is 3.06. The van der Waals surface area contributed by atoms with Crippen LogP contribution in [0.5, 0.6) is 0 Å². The molecule has 1 aliphatic rings. The normalized spacial score (nSPS) is 29.1. The molecule has 1 aromatic heterocycles. The average molecular weight is 210 g/mol. The summed E-state index contributed by atoms with van der Waals surface area (Å²) in [5, 5.41) is 26.1. The zero-order valence-electron chi connectivity index (χ0n) is 8.74. The molecule has 0 amide bonds. The number of rotatable bonds is 2. The monoisotopic (exact) mass is 210 g/mol. The molecule has 0 bridgehead atoms. The number of aliphatic hydroxyl groups is 1. The van der Waals surface area contributed by atoms with Crippen LogP contribution < -0.4 is 0 Å². The number of aliphatic carboxylic acids is 1. The second-order valence-corrected chi connectivity index (χ2v) is 4.27. The molecule has 15 heavy (non-hydrogen) atoms. The summed E-state index contributed by atoms with van der Waals surface area (Å²) in [6.45, 7) is 3.65. The van der Waals surface area contributed by atoms with Crippen LogP contribution in [-0.4, -0.2) is 26.4 Å². The topological polar surface area (TPSA) is 86.2 Å². The van der Waals surface area contributed by atoms with Crippen molar-refractivity contribution in [1.82, 2.24) is 10.2 Å². The Bertz CT molecular complexity index is 413. The van der Waals surface area contributed by atoms with Crippen LogP contribution in [-0.2, 0) is 16.8 Å². The molecule has 3 N–H and O–H groups in total. The van der Waals surface area contributed by atoms with E-state index in [1.807, 2.05) is 6.92 Å². The van der Waals surface area contributed by atoms with E-state index < -0.39 is 11.6 Å². The number of carbonyl (C=O) groups is 1. The Kier molecular flexibility index (Phi) is 2.08. The highest BCUT2D eigenvalue weighted by molar-refractivity contribution is 5.69. The lowest BCUT2D eigenvalue weighted by Crippen LogP contribution is -2.33. The highest BCUT2D eigenvalue weighted by atomic mass is 16.4. The molecule has 2 rings (SSSR count). The van der Waals surface area contributed by atoms with Gasteiger partial charge in [-0.25, -0.2) is 0 Å². The number of nitrogens with one attached hydrogen (secondary N) is 1. The van der Waals surface area contributed by atoms with Crippen molar-refractivity contribution < 1.29 is 15.0 Å². The van der Waals surface area contributed by atoms with Crippen molar-refractivity contribution in [1.29, 1.82) is 0 Å². The Labute approximate surface area is 87.1 Å². The van der Waals surface area contributed by atoms with Gasteiger partial charge in [0.15, 0.2) is 0 Å². The fourth-order valence-corrected chi connectivity index (χ4v) is 2.40. The van der Waals surface area contributed by atoms with E-state index in [0.29, 0.717) is 12.0 Å². The van der Waals surface area contributed by atoms with Crippen molar-refractivity contribution in [3.8, 4) is 0 Å². The first-order valence-corrected chi connectivity index (χ1v) is 4.93. The summed E-state index contributed by atoms with van der Waals surface area (Å²) in [4.78, 5) is 10.8. The first kappa shape index (κ1) is 10.2. The summed E-state index contributed by atoms with van der Waals surface area (Å²) in [6.07, 6.45) is 0.366. The minimum atomic E-state index is -1.27. The SMILES string of the molecule is Cc1[nH]nc2c1C(O)(CC(=O)O)C(C)C2. The van der Waals surface area contributed by atoms with Gasteiger partial charge in [0.05, 0.1) is 12.1 Å². The minimum absolute atomic E-state index is 0.0978. The van der Waals surface area contributed by atoms with Crippen LogP contribution in [0.1, 0.15) is 30.3 Å². The van der Waals surface area contributed by atoms with Crippen LogP contribution in [0.4, 0.5) is 0 Å². The summed E-state index contributed by atoms with van der Waals surface area (Å²) in [6, 6.07) is 0. The van der Waals surface area contributed by atoms with Gasteiger partial charge in [-0.15, -0.1) is 0 Å². The van der Waals surface area contributed by atoms with E-state index in [0.717, 1.165) is 11.4 Å². The lowest BCUT2D eigenvalue weighted by atomic mass is 9.85. The van der Waals surface area contributed by atoms with E-state index >= 15 is 0 Å². The number of hydrogen-bond acceptors (Lipinski definition) is 3. The molecule has 5 nitrogen and oxygen atoms in total. The van der Waals surface area contributed by atoms with Crippen molar-refractivity contribution in [3.05, 3.63) is 17.0 Å². The number of aromatic amines is 1. The number of nitrogens with zero attached hydrogens (tertiary/aromatic N) is 1. The number of aromatic nitrogens is 2. The molecular formula is C10H14N2O3. The third kappa shape index (κ3) is 1.34. The lowest BCUT2D eigenvalue weighted by Gasteiger charge is -2.27. The molecule has 2 atom stereocenters. The number of carboxylic acids is 1. The predicted octanol–water partition coefficient (Wildman–Crippen LogP) is 0.573. The summed E-state index contributed by atoms with van der Waals surface area (Å²) in [5.74, 6) is -1.09. The van der Waals surface area contributed by atoms with Crippen LogP contribution in [0.2, 0.25) is 0 Å². The van der Waals surface area contributed by atoms with Crippen LogP contribution >= 0.6 is 0 Å². The minimum Gasteiger partial charge on any atom is -0.481 e. The number of H-pyrrole nitrogens is 1. The van der Waals surface area contributed by atoms with Gasteiger partial charge in [-0.1, -0.05) is 6.92 Å². The Morgan fingerprint density at radius 3 is 3.00 bits per heavy atom. The molecule has 1 aliphatic carbocycles. The molecule has 5 heteroatoms. The number of aryl methyl sites for hydroxylation is 1. The molecule has 0 spiro atoms. The zero-order chi connectivity index (χ0) is 11.2. The third-order valence-electron chi connectivity index (χ3n) is 3.19. The zero-order valence-corrected chi connectivity index (χ0v) is 8.74. The highest BCUT2D eigenvalue weighted by Gasteiger charge is 2.47. The van der Waals surface area contributed by atoms with Crippen LogP contribution in [0.25, 0.3) is 0 Å². The summed E-state index contributed by atoms with van der Waals surface area (Å²) in [7, 11) is 0. The number of fused-ring (bicyclic) bond motifs is 1. The molecule has 0 fully saturated rings. The lowest BCUT2D eigenvalue weighted by molar-refractivity contribution is -0.144. The third-order valence-corrected chi connectivity index (χ3v) is 3.19. The standard InChI is InChI=1S/C10H14N2O3/c1-5-3-7-9(6(2)11-12-7)10(5,15)4-8(13)14/h5,15H,3-4H2,1-2H3,(H,11,12)(H,13,14). The van der Waals surface area contributed by atoms with Gasteiger partial charge in [0, 0.05) is 11.3 Å². The molecule has 2 unspecified atom stereocenters. The Hall–Kier alpha value is -1.36. The molecule has 0 saturated carbocycles. The van der Waals surface area contributed by atoms with Crippen molar-refractivity contribution in [2.24, 2.45) is 5.92 Å². The van der Waals surface area contributed by atoms with Gasteiger partial charge in [-0.3, -0.25) is 9.89 Å². The largest absolute Gasteiger partial charge is 0.481 e. The fourth-order valence-electron chi connectivity index (χ4n) is 2.40. The van der Waals surface area contributed by atoms with E-state index in [1.54, 1.807) is 6.92 Å². The Balaban J connectivity index is 2.47. The quantitative estimate of drug-likeness (QED) is 0.666. The predicted molar refractivity (Wildman–Crippen MR) is 52.3 cm³/mol. The maximum Gasteiger partial charge on any atom is 0.306 e. The first-order chi connectivity index (χ1) is 6.95. The van der Waals surface area contributed by atoms with E-state index in [4.69, 9.17) is 5.11 Å². The van der Waals surface area contributed by atoms with E-state index in [9.17, 15) is 9.90 Å². The molecular weight excluding hydrogens is 196 g/mol. The van der Waals surface area contributed by atoms with Crippen LogP contribution in [0.15, 0.2) is 0 Å². The molecule has 0 radical (unpaired) electrons. The number of hydrogen-bond donors (Lipinski definition) is 3. The smallest absolute Gasteiger partial charge is 0.306 e. The van der Waals surface area contributed by atoms with Gasteiger partial charge in [0.2, 0.25) is 0 Å². The van der Waals surface area contributed by atoms with Crippen molar-refractivity contribution in [2.75, 3.05) is 0 Å². The molecule has 1 aromatic rings. The van der Waals surface area contributed by atoms with Crippen LogP contribution in [0, 0.1) is 12.8 Å². The van der Waals surface area contributed by atoms with Crippen molar-refractivity contribution in [2.45, 2.75) is 32.3 Å². The molecule has 1 heterocycles. The first-order valence-electron chi connectivity index (χ1n) is 4.93. The van der Waals surface area contributed by atoms with Gasteiger partial charge in [0.1, 0.15) is 5.60 Å². The highest BCUT2D eigenvalue weighted by Crippen LogP contribution is 2.44. The van der Waals surface area contributed by atoms with Gasteiger partial charge in [-0.05, 0) is 19.3 Å². The Morgan fingerprint density at radius 2 is 2.40 bits per heavy atom. The van der Waals surface area contributed by atoms with Crippen LogP contribution in [0.3, 0.4) is 0 Å². The maximum atomic E-state index is 10.8. The summed E-state index contributed by atoms with van der Waals surface area (Å²) in [5.41, 5.74) is 0.970. The van der Waals surface area contributed by atoms with Crippen molar-refractivity contribution in [3.63, 3.8) is 0 Å². The van der Waals surface area contributed by atoms with E-state index in [-0.39, 0.29) is 12.3 Å². The molecule has 0 aromatic carbocycles. The maximum absolute atomic E-state index is 10.8. The van der Waals surface area contributed by atoms with Gasteiger partial charge in [0.25, 0.3) is 0 Å². The number of carboxylic acid groups (broad SMARTS) is 1. The second-order valence-electron chi connectivity index (χ2n) is 4.27.